The van der Waals surface area contributed by atoms with Gasteiger partial charge in [0, 0.05) is 18.8 Å². The average Bonchev–Trinajstić information content (AvgIpc) is 3.08. The highest BCUT2D eigenvalue weighted by Crippen LogP contribution is 2.22. The summed E-state index contributed by atoms with van der Waals surface area (Å²) in [4.78, 5) is 29.6. The Morgan fingerprint density at radius 2 is 1.93 bits per heavy atom. The van der Waals surface area contributed by atoms with Crippen LogP contribution in [-0.4, -0.2) is 34.5 Å². The quantitative estimate of drug-likeness (QED) is 0.785. The molecule has 0 spiro atoms. The van der Waals surface area contributed by atoms with Gasteiger partial charge in [-0.05, 0) is 56.9 Å². The number of carbonyl (C=O) groups excluding carboxylic acids is 2. The predicted molar refractivity (Wildman–Crippen MR) is 103 cm³/mol. The molecule has 0 fully saturated rings. The van der Waals surface area contributed by atoms with Gasteiger partial charge in [-0.1, -0.05) is 6.92 Å². The minimum atomic E-state index is -0.308. The molecule has 2 amide bonds. The second kappa shape index (κ2) is 8.70. The molecule has 0 unspecified atom stereocenters. The summed E-state index contributed by atoms with van der Waals surface area (Å²) >= 11 is 0. The molecule has 3 rings (SSSR count). The SMILES string of the molecule is CCCNC(=O)c1nc(C(=O)Nc2ccc(OCC)cc2)n2c1CCCC2. The molecule has 0 atom stereocenters. The van der Waals surface area contributed by atoms with Gasteiger partial charge in [0.1, 0.15) is 11.4 Å². The van der Waals surface area contributed by atoms with Crippen LogP contribution >= 0.6 is 0 Å². The van der Waals surface area contributed by atoms with Crippen molar-refractivity contribution in [3.63, 3.8) is 0 Å². The van der Waals surface area contributed by atoms with E-state index in [0.717, 1.165) is 37.1 Å². The number of amides is 2. The molecule has 1 aromatic carbocycles. The van der Waals surface area contributed by atoms with E-state index in [1.165, 1.54) is 0 Å². The summed E-state index contributed by atoms with van der Waals surface area (Å²) in [5, 5.41) is 5.72. The second-order valence-corrected chi connectivity index (χ2v) is 6.51. The van der Waals surface area contributed by atoms with Crippen LogP contribution in [0.2, 0.25) is 0 Å². The van der Waals surface area contributed by atoms with Crippen LogP contribution in [0.15, 0.2) is 24.3 Å². The van der Waals surface area contributed by atoms with Crippen LogP contribution < -0.4 is 15.4 Å². The lowest BCUT2D eigenvalue weighted by Gasteiger charge is -2.17. The third kappa shape index (κ3) is 4.30. The summed E-state index contributed by atoms with van der Waals surface area (Å²) in [7, 11) is 0. The molecule has 7 heteroatoms. The Balaban J connectivity index is 1.81. The Morgan fingerprint density at radius 1 is 1.15 bits per heavy atom. The first kappa shape index (κ1) is 18.9. The summed E-state index contributed by atoms with van der Waals surface area (Å²) in [5.74, 6) is 0.531. The van der Waals surface area contributed by atoms with Crippen molar-refractivity contribution in [2.75, 3.05) is 18.5 Å². The lowest BCUT2D eigenvalue weighted by Crippen LogP contribution is -2.26. The Morgan fingerprint density at radius 3 is 2.63 bits per heavy atom. The maximum absolute atomic E-state index is 12.8. The van der Waals surface area contributed by atoms with Gasteiger partial charge in [-0.15, -0.1) is 0 Å². The largest absolute Gasteiger partial charge is 0.494 e. The van der Waals surface area contributed by atoms with E-state index in [1.54, 1.807) is 12.1 Å². The molecule has 1 aromatic heterocycles. The topological polar surface area (TPSA) is 85.2 Å². The maximum Gasteiger partial charge on any atom is 0.291 e. The van der Waals surface area contributed by atoms with E-state index >= 15 is 0 Å². The zero-order valence-corrected chi connectivity index (χ0v) is 15.9. The lowest BCUT2D eigenvalue weighted by atomic mass is 10.1. The summed E-state index contributed by atoms with van der Waals surface area (Å²) in [6.45, 7) is 5.81. The van der Waals surface area contributed by atoms with Crippen molar-refractivity contribution in [1.82, 2.24) is 14.9 Å². The van der Waals surface area contributed by atoms with E-state index in [-0.39, 0.29) is 11.8 Å². The van der Waals surface area contributed by atoms with Gasteiger partial charge < -0.3 is 19.9 Å². The van der Waals surface area contributed by atoms with Crippen molar-refractivity contribution < 1.29 is 14.3 Å². The monoisotopic (exact) mass is 370 g/mol. The number of ether oxygens (including phenoxy) is 1. The third-order valence-corrected chi connectivity index (χ3v) is 4.49. The average molecular weight is 370 g/mol. The van der Waals surface area contributed by atoms with Crippen LogP contribution in [0.4, 0.5) is 5.69 Å². The van der Waals surface area contributed by atoms with Crippen molar-refractivity contribution in [1.29, 1.82) is 0 Å². The smallest absolute Gasteiger partial charge is 0.291 e. The summed E-state index contributed by atoms with van der Waals surface area (Å²) < 4.78 is 7.30. The fourth-order valence-corrected chi connectivity index (χ4v) is 3.21. The number of nitrogens with one attached hydrogen (secondary N) is 2. The van der Waals surface area contributed by atoms with Crippen molar-refractivity contribution in [2.24, 2.45) is 0 Å². The molecule has 0 aliphatic carbocycles. The van der Waals surface area contributed by atoms with Crippen molar-refractivity contribution >= 4 is 17.5 Å². The van der Waals surface area contributed by atoms with Gasteiger partial charge in [0.2, 0.25) is 0 Å². The van der Waals surface area contributed by atoms with Gasteiger partial charge in [-0.3, -0.25) is 9.59 Å². The first-order valence-electron chi connectivity index (χ1n) is 9.55. The highest BCUT2D eigenvalue weighted by molar-refractivity contribution is 6.03. The normalized spacial score (nSPS) is 13.0. The van der Waals surface area contributed by atoms with Gasteiger partial charge in [-0.25, -0.2) is 4.98 Å². The molecule has 1 aliphatic heterocycles. The van der Waals surface area contributed by atoms with Gasteiger partial charge in [0.05, 0.1) is 12.3 Å². The van der Waals surface area contributed by atoms with Crippen LogP contribution in [0, 0.1) is 0 Å². The molecular formula is C20H26N4O3. The number of fused-ring (bicyclic) bond motifs is 1. The number of rotatable bonds is 7. The predicted octanol–water partition coefficient (Wildman–Crippen LogP) is 3.01. The van der Waals surface area contributed by atoms with E-state index < -0.39 is 0 Å². The number of hydrogen-bond acceptors (Lipinski definition) is 4. The molecule has 0 saturated carbocycles. The minimum absolute atomic E-state index is 0.206. The number of nitrogens with zero attached hydrogens (tertiary/aromatic N) is 2. The standard InChI is InChI=1S/C20H26N4O3/c1-3-12-21-19(25)17-16-7-5-6-13-24(16)18(23-17)20(26)22-14-8-10-15(11-9-14)27-4-2/h8-11H,3-7,12-13H2,1-2H3,(H,21,25)(H,22,26). The van der Waals surface area contributed by atoms with Crippen LogP contribution in [0.25, 0.3) is 0 Å². The molecule has 2 N–H and O–H groups in total. The molecule has 0 bridgehead atoms. The van der Waals surface area contributed by atoms with E-state index in [1.807, 2.05) is 30.5 Å². The van der Waals surface area contributed by atoms with Crippen molar-refractivity contribution in [3.8, 4) is 5.75 Å². The molecule has 7 nitrogen and oxygen atoms in total. The van der Waals surface area contributed by atoms with E-state index in [2.05, 4.69) is 15.6 Å². The first-order valence-corrected chi connectivity index (χ1v) is 9.55. The maximum atomic E-state index is 12.8. The van der Waals surface area contributed by atoms with Gasteiger partial charge >= 0.3 is 0 Å². The zero-order valence-electron chi connectivity index (χ0n) is 15.9. The fourth-order valence-electron chi connectivity index (χ4n) is 3.21. The Labute approximate surface area is 159 Å². The molecule has 0 radical (unpaired) electrons. The molecule has 2 heterocycles. The van der Waals surface area contributed by atoms with Gasteiger partial charge in [-0.2, -0.15) is 0 Å². The van der Waals surface area contributed by atoms with E-state index in [0.29, 0.717) is 36.9 Å². The van der Waals surface area contributed by atoms with Gasteiger partial charge in [0.25, 0.3) is 11.8 Å². The van der Waals surface area contributed by atoms with Gasteiger partial charge in [0.15, 0.2) is 5.82 Å². The molecule has 2 aromatic rings. The van der Waals surface area contributed by atoms with Crippen molar-refractivity contribution in [2.45, 2.75) is 46.1 Å². The highest BCUT2D eigenvalue weighted by atomic mass is 16.5. The number of aromatic nitrogens is 2. The summed E-state index contributed by atoms with van der Waals surface area (Å²) in [5.41, 5.74) is 1.89. The number of anilines is 1. The molecule has 27 heavy (non-hydrogen) atoms. The number of benzene rings is 1. The fraction of sp³-hybridized carbons (Fsp3) is 0.450. The number of imidazole rings is 1. The number of hydrogen-bond donors (Lipinski definition) is 2. The zero-order chi connectivity index (χ0) is 19.2. The summed E-state index contributed by atoms with van der Waals surface area (Å²) in [6, 6.07) is 7.20. The van der Waals surface area contributed by atoms with E-state index in [9.17, 15) is 9.59 Å². The molecular weight excluding hydrogens is 344 g/mol. The minimum Gasteiger partial charge on any atom is -0.494 e. The van der Waals surface area contributed by atoms with E-state index in [4.69, 9.17) is 4.74 Å². The highest BCUT2D eigenvalue weighted by Gasteiger charge is 2.27. The Bertz CT molecular complexity index is 811. The van der Waals surface area contributed by atoms with Crippen LogP contribution in [-0.2, 0) is 13.0 Å². The van der Waals surface area contributed by atoms with Crippen LogP contribution in [0.5, 0.6) is 5.75 Å². The lowest BCUT2D eigenvalue weighted by molar-refractivity contribution is 0.0947. The Kier molecular flexibility index (Phi) is 6.11. The van der Waals surface area contributed by atoms with Crippen molar-refractivity contribution in [3.05, 3.63) is 41.5 Å². The summed E-state index contributed by atoms with van der Waals surface area (Å²) in [6.07, 6.45) is 3.59. The number of carbonyl (C=O) groups is 2. The first-order chi connectivity index (χ1) is 13.1. The van der Waals surface area contributed by atoms with Crippen LogP contribution in [0.3, 0.4) is 0 Å². The third-order valence-electron chi connectivity index (χ3n) is 4.49. The molecule has 0 saturated heterocycles. The molecule has 1 aliphatic rings. The van der Waals surface area contributed by atoms with Crippen LogP contribution in [0.1, 0.15) is 59.9 Å². The second-order valence-electron chi connectivity index (χ2n) is 6.51. The molecule has 144 valence electrons. The Hall–Kier alpha value is -2.83.